The van der Waals surface area contributed by atoms with Crippen molar-refractivity contribution in [2.24, 2.45) is 0 Å². The second kappa shape index (κ2) is 22.8. The number of anilines is 2. The van der Waals surface area contributed by atoms with Gasteiger partial charge in [0.2, 0.25) is 0 Å². The number of hydrogen-bond acceptors (Lipinski definition) is 12. The van der Waals surface area contributed by atoms with Crippen molar-refractivity contribution in [3.05, 3.63) is 259 Å². The van der Waals surface area contributed by atoms with Gasteiger partial charge in [-0.15, -0.1) is 0 Å². The number of nitrogens with zero attached hydrogens (tertiary/aromatic N) is 4. The minimum Gasteiger partial charge on any atom is -0.457 e. The van der Waals surface area contributed by atoms with Gasteiger partial charge in [0.25, 0.3) is 47.3 Å². The van der Waals surface area contributed by atoms with Gasteiger partial charge in [-0.3, -0.25) is 48.2 Å². The van der Waals surface area contributed by atoms with Crippen molar-refractivity contribution >= 4 is 58.6 Å². The van der Waals surface area contributed by atoms with Gasteiger partial charge in [-0.2, -0.15) is 0 Å². The summed E-state index contributed by atoms with van der Waals surface area (Å²) in [6, 6.07) is 51.8. The molecule has 0 spiro atoms. The second-order valence-electron chi connectivity index (χ2n) is 25.8. The Morgan fingerprint density at radius 3 is 0.936 bits per heavy atom. The number of amides is 8. The number of rotatable bonds is 15. The number of fused-ring (bicyclic) bond motifs is 4. The lowest BCUT2D eigenvalue weighted by molar-refractivity contribution is 0.0546. The minimum atomic E-state index is -0.582. The molecule has 8 amide bonds. The highest BCUT2D eigenvalue weighted by Crippen LogP contribution is 2.45. The predicted molar refractivity (Wildman–Crippen MR) is 353 cm³/mol. The van der Waals surface area contributed by atoms with Gasteiger partial charge in [0.15, 0.2) is 0 Å². The molecule has 1 fully saturated rings. The fourth-order valence-electron chi connectivity index (χ4n) is 13.8. The molecule has 0 N–H and O–H groups in total. The van der Waals surface area contributed by atoms with Crippen LogP contribution in [0, 0.1) is 20.8 Å². The summed E-state index contributed by atoms with van der Waals surface area (Å²) in [6.07, 6.45) is 4.82. The second-order valence-corrected chi connectivity index (χ2v) is 25.8. The van der Waals surface area contributed by atoms with Crippen LogP contribution in [0.1, 0.15) is 182 Å². The third-order valence-electron chi connectivity index (χ3n) is 19.2. The van der Waals surface area contributed by atoms with Crippen LogP contribution >= 0.6 is 0 Å². The van der Waals surface area contributed by atoms with Crippen LogP contribution < -0.4 is 28.7 Å². The summed E-state index contributed by atoms with van der Waals surface area (Å²) >= 11 is 0. The van der Waals surface area contributed by atoms with E-state index in [0.29, 0.717) is 84.9 Å². The summed E-state index contributed by atoms with van der Waals surface area (Å²) in [5.74, 6) is 0.289. The normalized spacial score (nSPS) is 15.5. The predicted octanol–water partition coefficient (Wildman–Crippen LogP) is 16.2. The summed E-state index contributed by atoms with van der Waals surface area (Å²) in [6.45, 7) is 13.7. The van der Waals surface area contributed by atoms with Gasteiger partial charge >= 0.3 is 0 Å². The van der Waals surface area contributed by atoms with E-state index in [9.17, 15) is 38.4 Å². The highest BCUT2D eigenvalue weighted by Gasteiger charge is 2.44. The third kappa shape index (κ3) is 10.2. The molecule has 0 radical (unpaired) electrons. The Labute approximate surface area is 542 Å². The third-order valence-corrected chi connectivity index (χ3v) is 19.2. The van der Waals surface area contributed by atoms with Gasteiger partial charge in [-0.05, 0) is 194 Å². The summed E-state index contributed by atoms with van der Waals surface area (Å²) in [5, 5.41) is 0. The van der Waals surface area contributed by atoms with Crippen LogP contribution in [-0.4, -0.2) is 70.1 Å². The molecular weight excluding hydrogens is 1180 g/mol. The number of carbonyl (C=O) groups excluding carboxylic acids is 8. The molecule has 5 aliphatic rings. The van der Waals surface area contributed by atoms with Gasteiger partial charge in [0, 0.05) is 23.9 Å². The van der Waals surface area contributed by atoms with E-state index in [0.717, 1.165) is 69.1 Å². The van der Waals surface area contributed by atoms with Crippen LogP contribution in [0.15, 0.2) is 176 Å². The van der Waals surface area contributed by atoms with E-state index in [1.165, 1.54) is 11.9 Å². The Morgan fingerprint density at radius 2 is 0.585 bits per heavy atom. The molecular formula is C78H64N4O12. The fraction of sp³-hybridized carbons (Fsp3) is 0.205. The van der Waals surface area contributed by atoms with Crippen molar-refractivity contribution in [3.8, 4) is 46.0 Å². The van der Waals surface area contributed by atoms with Gasteiger partial charge in [-0.25, -0.2) is 9.80 Å². The largest absolute Gasteiger partial charge is 0.457 e. The summed E-state index contributed by atoms with van der Waals surface area (Å²) in [5.41, 5.74) is 7.34. The molecule has 1 saturated carbocycles. The van der Waals surface area contributed by atoms with Gasteiger partial charge in [0.05, 0.1) is 55.9 Å². The molecule has 16 nitrogen and oxygen atoms in total. The Hall–Kier alpha value is -11.3. The first kappa shape index (κ1) is 60.3. The van der Waals surface area contributed by atoms with Crippen molar-refractivity contribution in [1.82, 2.24) is 9.80 Å². The van der Waals surface area contributed by atoms with Crippen LogP contribution in [0.2, 0.25) is 0 Å². The molecule has 4 aliphatic heterocycles. The first-order valence-electron chi connectivity index (χ1n) is 31.3. The van der Waals surface area contributed by atoms with Gasteiger partial charge in [0.1, 0.15) is 46.0 Å². The maximum absolute atomic E-state index is 14.5. The molecule has 4 heterocycles. The van der Waals surface area contributed by atoms with E-state index < -0.39 is 34.5 Å². The Kier molecular flexibility index (Phi) is 14.7. The Balaban J connectivity index is 0.619. The number of carbonyl (C=O) groups is 8. The van der Waals surface area contributed by atoms with E-state index >= 15 is 0 Å². The highest BCUT2D eigenvalue weighted by atomic mass is 16.5. The van der Waals surface area contributed by atoms with Crippen molar-refractivity contribution in [2.75, 3.05) is 16.8 Å². The van der Waals surface area contributed by atoms with Gasteiger partial charge < -0.3 is 18.9 Å². The topological polar surface area (TPSA) is 186 Å². The monoisotopic (exact) mass is 1250 g/mol. The molecule has 0 atom stereocenters. The average Bonchev–Trinajstić information content (AvgIpc) is 1.56. The average molecular weight is 1250 g/mol. The number of imide groups is 4. The van der Waals surface area contributed by atoms with Crippen molar-refractivity contribution in [3.63, 3.8) is 0 Å². The molecule has 14 rings (SSSR count). The number of aryl methyl sites for hydroxylation is 2. The van der Waals surface area contributed by atoms with Crippen molar-refractivity contribution < 1.29 is 57.3 Å². The summed E-state index contributed by atoms with van der Waals surface area (Å²) in [4.78, 5) is 114. The molecule has 94 heavy (non-hydrogen) atoms. The maximum atomic E-state index is 14.5. The smallest absolute Gasteiger partial charge is 0.266 e. The molecule has 0 unspecified atom stereocenters. The van der Waals surface area contributed by atoms with E-state index in [2.05, 4.69) is 27.7 Å². The molecule has 468 valence electrons. The summed E-state index contributed by atoms with van der Waals surface area (Å²) < 4.78 is 24.9. The molecule has 9 aromatic rings. The Morgan fingerprint density at radius 1 is 0.319 bits per heavy atom. The molecule has 0 saturated heterocycles. The number of benzene rings is 9. The zero-order valence-electron chi connectivity index (χ0n) is 53.0. The molecule has 1 aliphatic carbocycles. The standard InChI is InChI=1S/C78H64N4O12/c1-43-38-44(2)68(45(3)67(43)81-72(86)61-36-32-57(41-65(61)75(81)89)93-53-26-18-48(19-27-53)77(4,5)46-14-22-51(23-15-46)91-55-30-34-59-63(39-55)70(84)79(8)69(59)83)82-73(87)62-37-33-58(42-66(62)76(82)90)94-54-28-20-49(21-29-54)78(6,7)47-16-24-52(25-17-47)92-56-31-35-60-64(40-56)74(88)80(71(60)85)50-12-10-9-11-13-50/h14-42,50H,9-13H2,1-8H3. The van der Waals surface area contributed by atoms with Crippen molar-refractivity contribution in [2.45, 2.75) is 97.4 Å². The van der Waals surface area contributed by atoms with Crippen LogP contribution in [0.4, 0.5) is 11.4 Å². The lowest BCUT2D eigenvalue weighted by Crippen LogP contribution is -2.40. The quantitative estimate of drug-likeness (QED) is 0.0886. The van der Waals surface area contributed by atoms with E-state index in [4.69, 9.17) is 18.9 Å². The first-order valence-corrected chi connectivity index (χ1v) is 31.3. The van der Waals surface area contributed by atoms with Crippen LogP contribution in [0.3, 0.4) is 0 Å². The number of ether oxygens (including phenoxy) is 4. The molecule has 16 heteroatoms. The molecule has 0 bridgehead atoms. The Bertz CT molecular complexity index is 4750. The minimum absolute atomic E-state index is 0.0596. The van der Waals surface area contributed by atoms with Crippen LogP contribution in [0.25, 0.3) is 0 Å². The SMILES string of the molecule is Cc1cc(C)c(N2C(=O)c3ccc(Oc4ccc(C(C)(C)c5ccc(Oc6ccc7c(c6)C(=O)N(C6CCCCC6)C7=O)cc5)cc4)cc3C2=O)c(C)c1N1C(=O)c2ccc(Oc3ccc(C(C)(C)c4ccc(Oc5ccc6c(c5)C(=O)N(C)C6=O)cc4)cc3)cc2C1=O. The first-order chi connectivity index (χ1) is 45.0. The van der Waals surface area contributed by atoms with Crippen LogP contribution in [-0.2, 0) is 10.8 Å². The molecule has 0 aromatic heterocycles. The highest BCUT2D eigenvalue weighted by molar-refractivity contribution is 6.37. The van der Waals surface area contributed by atoms with E-state index in [1.54, 1.807) is 99.6 Å². The zero-order valence-corrected chi connectivity index (χ0v) is 53.0. The van der Waals surface area contributed by atoms with E-state index in [-0.39, 0.29) is 63.3 Å². The van der Waals surface area contributed by atoms with E-state index in [1.807, 2.05) is 97.1 Å². The molecule has 9 aromatic carbocycles. The lowest BCUT2D eigenvalue weighted by atomic mass is 9.78. The summed E-state index contributed by atoms with van der Waals surface area (Å²) in [7, 11) is 1.45. The van der Waals surface area contributed by atoms with Crippen molar-refractivity contribution in [1.29, 1.82) is 0 Å². The van der Waals surface area contributed by atoms with Gasteiger partial charge in [-0.1, -0.05) is 102 Å². The fourth-order valence-corrected chi connectivity index (χ4v) is 13.8. The lowest BCUT2D eigenvalue weighted by Gasteiger charge is -2.29. The maximum Gasteiger partial charge on any atom is 0.266 e. The van der Waals surface area contributed by atoms with Crippen LogP contribution in [0.5, 0.6) is 46.0 Å². The zero-order chi connectivity index (χ0) is 65.8. The number of hydrogen-bond donors (Lipinski definition) is 0.